The average Bonchev–Trinajstić information content (AvgIpc) is 3.08. The number of nitrogens with zero attached hydrogens (tertiary/aromatic N) is 3. The number of carbonyl (C=O) groups is 7. The standard InChI is InChI=1S/C24H28N6O9S.Na/c1-4-28-10-11-29(20(35)19(28)34)22(38)26-14(13-8-6-5-7-9-13)17(32)27-15-18(33)30-16(21(36)37)23(2,3)40(39)24(15,30)25-12-31;/h5-9,12,14-16H,4,10-11H2,1-3H3,(H,25,31)(H,26,38)(H,27,32)(H,36,37);/q;+1/p-1/t14?,15-,16+,24?,40?;/m1./s1. The number of carbonyl (C=O) groups excluding carboxylic acids is 7. The molecule has 5 atom stereocenters. The predicted molar refractivity (Wildman–Crippen MR) is 133 cm³/mol. The van der Waals surface area contributed by atoms with E-state index in [1.54, 1.807) is 25.1 Å². The van der Waals surface area contributed by atoms with Crippen LogP contribution in [0.2, 0.25) is 0 Å². The zero-order chi connectivity index (χ0) is 29.6. The summed E-state index contributed by atoms with van der Waals surface area (Å²) in [6, 6.07) is 1.90. The number of hydrogen-bond acceptors (Lipinski definition) is 9. The minimum Gasteiger partial charge on any atom is -0.548 e. The van der Waals surface area contributed by atoms with E-state index in [0.29, 0.717) is 9.80 Å². The summed E-state index contributed by atoms with van der Waals surface area (Å²) in [5, 5.41) is 18.9. The van der Waals surface area contributed by atoms with Crippen LogP contribution in [0.4, 0.5) is 4.79 Å². The molecule has 4 rings (SSSR count). The summed E-state index contributed by atoms with van der Waals surface area (Å²) in [6.07, 6.45) is 0.138. The molecule has 0 saturated carbocycles. The SMILES string of the molecule is CCN1CCN(C(=O)NC(C(=O)N[C@@H]2C(=O)N3[C@@H](C(=O)[O-])C(C)(C)S(=O)C23NC=O)c2ccccc2)C(=O)C1=O.[Na+]. The van der Waals surface area contributed by atoms with Crippen molar-refractivity contribution in [2.45, 2.75) is 48.6 Å². The Balaban J connectivity index is 0.00000462. The van der Waals surface area contributed by atoms with Crippen molar-refractivity contribution < 1.29 is 72.4 Å². The Morgan fingerprint density at radius 3 is 2.32 bits per heavy atom. The smallest absolute Gasteiger partial charge is 0.548 e. The summed E-state index contributed by atoms with van der Waals surface area (Å²) in [5.74, 6) is -5.57. The van der Waals surface area contributed by atoms with Crippen LogP contribution < -0.4 is 50.6 Å². The van der Waals surface area contributed by atoms with Crippen LogP contribution in [0.3, 0.4) is 0 Å². The van der Waals surface area contributed by atoms with Gasteiger partial charge in [0.15, 0.2) is 6.04 Å². The number of urea groups is 1. The van der Waals surface area contributed by atoms with Gasteiger partial charge in [0.1, 0.15) is 6.04 Å². The first kappa shape index (κ1) is 32.2. The van der Waals surface area contributed by atoms with Crippen molar-refractivity contribution in [2.24, 2.45) is 0 Å². The molecule has 0 radical (unpaired) electrons. The predicted octanol–water partition coefficient (Wildman–Crippen LogP) is -6.48. The number of β-lactam (4-membered cyclic amide) rings is 1. The minimum atomic E-state index is -2.24. The maximum Gasteiger partial charge on any atom is 1.00 e. The van der Waals surface area contributed by atoms with E-state index in [2.05, 4.69) is 16.0 Å². The largest absolute Gasteiger partial charge is 1.00 e. The fourth-order valence-electron chi connectivity index (χ4n) is 5.25. The summed E-state index contributed by atoms with van der Waals surface area (Å²) in [6.45, 7) is 4.59. The number of carboxylic acid groups (broad SMARTS) is 1. The Hall–Kier alpha value is -3.34. The van der Waals surface area contributed by atoms with Gasteiger partial charge in [-0.3, -0.25) is 38.0 Å². The maximum absolute atomic E-state index is 13.6. The molecule has 214 valence electrons. The molecule has 0 bridgehead atoms. The number of nitrogens with one attached hydrogen (secondary N) is 3. The quantitative estimate of drug-likeness (QED) is 0.112. The zero-order valence-corrected chi connectivity index (χ0v) is 25.6. The first-order valence-electron chi connectivity index (χ1n) is 12.3. The van der Waals surface area contributed by atoms with E-state index in [9.17, 15) is 42.9 Å². The fourth-order valence-corrected chi connectivity index (χ4v) is 7.36. The van der Waals surface area contributed by atoms with E-state index in [-0.39, 0.29) is 61.2 Å². The molecular weight excluding hydrogens is 571 g/mol. The van der Waals surface area contributed by atoms with Gasteiger partial charge in [-0.15, -0.1) is 0 Å². The molecule has 15 nitrogen and oxygen atoms in total. The van der Waals surface area contributed by atoms with Crippen LogP contribution in [-0.2, 0) is 39.6 Å². The number of likely N-dealkylation sites (N-methyl/N-ethyl adjacent to an activating group) is 1. The van der Waals surface area contributed by atoms with Crippen LogP contribution in [-0.4, -0.2) is 102 Å². The maximum atomic E-state index is 13.6. The molecule has 1 aromatic rings. The van der Waals surface area contributed by atoms with Crippen molar-refractivity contribution in [3.63, 3.8) is 0 Å². The van der Waals surface area contributed by atoms with E-state index < -0.39 is 74.3 Å². The Kier molecular flexibility index (Phi) is 9.32. The van der Waals surface area contributed by atoms with E-state index in [4.69, 9.17) is 0 Å². The monoisotopic (exact) mass is 598 g/mol. The minimum absolute atomic E-state index is 0. The molecule has 17 heteroatoms. The Morgan fingerprint density at radius 2 is 1.76 bits per heavy atom. The molecule has 0 aromatic heterocycles. The van der Waals surface area contributed by atoms with Gasteiger partial charge in [0, 0.05) is 19.6 Å². The fraction of sp³-hybridized carbons (Fsp3) is 0.458. The normalized spacial score (nSPS) is 27.1. The molecule has 3 fully saturated rings. The van der Waals surface area contributed by atoms with E-state index in [0.717, 1.165) is 0 Å². The van der Waals surface area contributed by atoms with Gasteiger partial charge in [0.05, 0.1) is 27.6 Å². The van der Waals surface area contributed by atoms with Gasteiger partial charge in [-0.05, 0) is 26.3 Å². The van der Waals surface area contributed by atoms with Crippen molar-refractivity contribution in [3.8, 4) is 0 Å². The van der Waals surface area contributed by atoms with Gasteiger partial charge in [-0.25, -0.2) is 4.79 Å². The molecule has 0 aliphatic carbocycles. The molecule has 3 saturated heterocycles. The number of benzene rings is 1. The van der Waals surface area contributed by atoms with Crippen LogP contribution in [0.1, 0.15) is 32.4 Å². The Labute approximate surface area is 259 Å². The van der Waals surface area contributed by atoms with Gasteiger partial charge in [0.25, 0.3) is 5.91 Å². The van der Waals surface area contributed by atoms with Gasteiger partial charge in [-0.2, -0.15) is 0 Å². The summed E-state index contributed by atoms with van der Waals surface area (Å²) in [4.78, 5) is 88.5. The number of amides is 7. The Morgan fingerprint density at radius 1 is 1.12 bits per heavy atom. The molecule has 3 aliphatic rings. The average molecular weight is 599 g/mol. The third-order valence-electron chi connectivity index (χ3n) is 7.28. The van der Waals surface area contributed by atoms with E-state index in [1.165, 1.54) is 30.9 Å². The van der Waals surface area contributed by atoms with Gasteiger partial charge < -0.3 is 30.8 Å². The van der Waals surface area contributed by atoms with Gasteiger partial charge in [-0.1, -0.05) is 30.3 Å². The van der Waals surface area contributed by atoms with Crippen molar-refractivity contribution >= 4 is 52.8 Å². The Bertz CT molecular complexity index is 1330. The molecule has 3 unspecified atom stereocenters. The third-order valence-corrected chi connectivity index (χ3v) is 9.58. The second kappa shape index (κ2) is 11.9. The molecule has 3 aliphatic heterocycles. The first-order valence-corrected chi connectivity index (χ1v) is 13.4. The van der Waals surface area contributed by atoms with Crippen LogP contribution >= 0.6 is 0 Å². The second-order valence-electron chi connectivity index (χ2n) is 9.84. The molecule has 7 amide bonds. The van der Waals surface area contributed by atoms with E-state index >= 15 is 0 Å². The van der Waals surface area contributed by atoms with Crippen LogP contribution in [0.25, 0.3) is 0 Å². The van der Waals surface area contributed by atoms with Crippen molar-refractivity contribution in [3.05, 3.63) is 35.9 Å². The van der Waals surface area contributed by atoms with Crippen LogP contribution in [0, 0.1) is 0 Å². The van der Waals surface area contributed by atoms with Crippen LogP contribution in [0.5, 0.6) is 0 Å². The molecule has 3 N–H and O–H groups in total. The van der Waals surface area contributed by atoms with E-state index in [1.807, 2.05) is 0 Å². The second-order valence-corrected chi connectivity index (χ2v) is 12.0. The first-order chi connectivity index (χ1) is 18.8. The molecule has 3 heterocycles. The number of rotatable bonds is 8. The van der Waals surface area contributed by atoms with Crippen molar-refractivity contribution in [1.82, 2.24) is 30.7 Å². The zero-order valence-electron chi connectivity index (χ0n) is 22.7. The van der Waals surface area contributed by atoms with Crippen LogP contribution in [0.15, 0.2) is 30.3 Å². The van der Waals surface area contributed by atoms with Gasteiger partial charge in [0.2, 0.25) is 17.3 Å². The van der Waals surface area contributed by atoms with Crippen molar-refractivity contribution in [1.29, 1.82) is 0 Å². The number of aliphatic carboxylic acids is 1. The summed E-state index contributed by atoms with van der Waals surface area (Å²) < 4.78 is 11.9. The molecular formula is C24H27N6NaO9S. The number of fused-ring (bicyclic) bond motifs is 1. The number of imide groups is 1. The summed E-state index contributed by atoms with van der Waals surface area (Å²) >= 11 is 0. The van der Waals surface area contributed by atoms with Crippen molar-refractivity contribution in [2.75, 3.05) is 19.6 Å². The summed E-state index contributed by atoms with van der Waals surface area (Å²) in [7, 11) is -2.24. The number of piperazine rings is 1. The molecule has 0 spiro atoms. The van der Waals surface area contributed by atoms with Gasteiger partial charge >= 0.3 is 47.4 Å². The number of hydrogen-bond donors (Lipinski definition) is 3. The number of carboxylic acids is 1. The molecule has 41 heavy (non-hydrogen) atoms. The summed E-state index contributed by atoms with van der Waals surface area (Å²) in [5.41, 5.74) is 0.237. The molecule has 1 aromatic carbocycles. The third kappa shape index (κ3) is 5.02. The topological polar surface area (TPSA) is 205 Å².